The zero-order chi connectivity index (χ0) is 28.1. The van der Waals surface area contributed by atoms with Gasteiger partial charge in [-0.05, 0) is 91.0 Å². The summed E-state index contributed by atoms with van der Waals surface area (Å²) in [6.07, 6.45) is 3.56. The van der Waals surface area contributed by atoms with Gasteiger partial charge in [0.25, 0.3) is 0 Å². The fraction of sp³-hybridized carbons (Fsp3) is 0. The van der Waals surface area contributed by atoms with E-state index < -0.39 is 0 Å². The van der Waals surface area contributed by atoms with Crippen LogP contribution in [0.1, 0.15) is 0 Å². The second-order valence-electron chi connectivity index (χ2n) is 11.4. The topological polar surface area (TPSA) is 25.8 Å². The third kappa shape index (κ3) is 3.28. The van der Waals surface area contributed by atoms with Gasteiger partial charge in [0.05, 0.1) is 11.0 Å². The fourth-order valence-electron chi connectivity index (χ4n) is 7.11. The Morgan fingerprint density at radius 2 is 1.05 bits per heavy atom. The minimum atomic E-state index is 0.950. The zero-order valence-corrected chi connectivity index (χ0v) is 23.8. The first-order chi connectivity index (χ1) is 21.3. The van der Waals surface area contributed by atoms with Crippen molar-refractivity contribution in [2.75, 3.05) is 0 Å². The van der Waals surface area contributed by atoms with Crippen molar-refractivity contribution < 1.29 is 0 Å². The molecule has 10 rings (SSSR count). The highest BCUT2D eigenvalue weighted by atomic mass is 32.1. The molecule has 0 atom stereocenters. The minimum Gasteiger partial charge on any atom is -0.252 e. The molecule has 0 aliphatic rings. The van der Waals surface area contributed by atoms with E-state index in [0.717, 1.165) is 21.8 Å². The van der Waals surface area contributed by atoms with Crippen molar-refractivity contribution in [3.63, 3.8) is 0 Å². The van der Waals surface area contributed by atoms with E-state index in [1.54, 1.807) is 12.4 Å². The summed E-state index contributed by atoms with van der Waals surface area (Å²) >= 11 is 1.89. The van der Waals surface area contributed by atoms with Crippen LogP contribution in [0.4, 0.5) is 0 Å². The fourth-order valence-corrected chi connectivity index (χ4v) is 8.28. The molecule has 198 valence electrons. The zero-order valence-electron chi connectivity index (χ0n) is 23.0. The molecule has 0 bridgehead atoms. The van der Waals surface area contributed by atoms with Gasteiger partial charge in [0.2, 0.25) is 0 Å². The summed E-state index contributed by atoms with van der Waals surface area (Å²) < 4.78 is 2.72. The van der Waals surface area contributed by atoms with Gasteiger partial charge in [-0.15, -0.1) is 11.3 Å². The maximum Gasteiger partial charge on any atom is 0.0971 e. The normalized spacial score (nSPS) is 12.2. The van der Waals surface area contributed by atoms with Crippen LogP contribution in [0.5, 0.6) is 0 Å². The van der Waals surface area contributed by atoms with E-state index in [0.29, 0.717) is 0 Å². The van der Waals surface area contributed by atoms with Crippen LogP contribution in [0.3, 0.4) is 0 Å². The summed E-state index contributed by atoms with van der Waals surface area (Å²) in [7, 11) is 0. The third-order valence-corrected chi connectivity index (χ3v) is 10.2. The maximum absolute atomic E-state index is 4.73. The van der Waals surface area contributed by atoms with Gasteiger partial charge in [-0.1, -0.05) is 84.9 Å². The van der Waals surface area contributed by atoms with Crippen molar-refractivity contribution in [1.29, 1.82) is 0 Å². The van der Waals surface area contributed by atoms with E-state index in [4.69, 9.17) is 4.98 Å². The molecular formula is C40H22N2S. The van der Waals surface area contributed by atoms with Crippen LogP contribution < -0.4 is 0 Å². The van der Waals surface area contributed by atoms with Crippen molar-refractivity contribution in [2.24, 2.45) is 0 Å². The van der Waals surface area contributed by atoms with Gasteiger partial charge in [-0.3, -0.25) is 9.97 Å². The van der Waals surface area contributed by atoms with Gasteiger partial charge in [0.1, 0.15) is 0 Å². The molecule has 0 saturated heterocycles. The lowest BCUT2D eigenvalue weighted by atomic mass is 9.91. The first-order valence-corrected chi connectivity index (χ1v) is 15.4. The number of benzene rings is 8. The Morgan fingerprint density at radius 3 is 1.91 bits per heavy atom. The summed E-state index contributed by atoms with van der Waals surface area (Å²) in [5.74, 6) is 0. The molecule has 10 aromatic rings. The molecule has 8 aromatic carbocycles. The number of hydrogen-bond acceptors (Lipinski definition) is 3. The highest BCUT2D eigenvalue weighted by molar-refractivity contribution is 7.26. The minimum absolute atomic E-state index is 0.950. The van der Waals surface area contributed by atoms with Crippen LogP contribution in [-0.4, -0.2) is 9.97 Å². The highest BCUT2D eigenvalue weighted by Gasteiger charge is 2.16. The maximum atomic E-state index is 4.73. The molecule has 2 aromatic heterocycles. The second kappa shape index (κ2) is 8.57. The molecule has 43 heavy (non-hydrogen) atoms. The van der Waals surface area contributed by atoms with Crippen molar-refractivity contribution in [2.45, 2.75) is 0 Å². The second-order valence-corrected chi connectivity index (χ2v) is 12.5. The van der Waals surface area contributed by atoms with E-state index >= 15 is 0 Å². The molecule has 3 heteroatoms. The average molecular weight is 563 g/mol. The van der Waals surface area contributed by atoms with Crippen LogP contribution in [0.15, 0.2) is 134 Å². The van der Waals surface area contributed by atoms with E-state index in [1.807, 2.05) is 11.3 Å². The molecule has 0 saturated carbocycles. The summed E-state index contributed by atoms with van der Waals surface area (Å²) in [4.78, 5) is 9.41. The quantitative estimate of drug-likeness (QED) is 0.196. The lowest BCUT2D eigenvalue weighted by Crippen LogP contribution is -1.89. The Labute approximate surface area is 250 Å². The smallest absolute Gasteiger partial charge is 0.0971 e. The van der Waals surface area contributed by atoms with Crippen molar-refractivity contribution in [3.8, 4) is 22.3 Å². The van der Waals surface area contributed by atoms with Crippen LogP contribution >= 0.6 is 11.3 Å². The van der Waals surface area contributed by atoms with E-state index in [9.17, 15) is 0 Å². The number of nitrogens with zero attached hydrogens (tertiary/aromatic N) is 2. The predicted molar refractivity (Wildman–Crippen MR) is 185 cm³/mol. The van der Waals surface area contributed by atoms with Gasteiger partial charge >= 0.3 is 0 Å². The lowest BCUT2D eigenvalue weighted by molar-refractivity contribution is 1.31. The molecular weight excluding hydrogens is 541 g/mol. The van der Waals surface area contributed by atoms with Crippen molar-refractivity contribution in [3.05, 3.63) is 134 Å². The molecule has 0 amide bonds. The predicted octanol–water partition coefficient (Wildman–Crippen LogP) is 11.4. The number of rotatable bonds is 2. The largest absolute Gasteiger partial charge is 0.252 e. The first-order valence-electron chi connectivity index (χ1n) is 14.6. The van der Waals surface area contributed by atoms with Crippen LogP contribution in [0.25, 0.3) is 96.5 Å². The van der Waals surface area contributed by atoms with E-state index in [-0.39, 0.29) is 0 Å². The molecule has 0 unspecified atom stereocenters. The molecule has 0 spiro atoms. The number of thiophene rings is 1. The molecule has 2 nitrogen and oxygen atoms in total. The van der Waals surface area contributed by atoms with Gasteiger partial charge in [-0.25, -0.2) is 0 Å². The van der Waals surface area contributed by atoms with Crippen molar-refractivity contribution in [1.82, 2.24) is 9.97 Å². The third-order valence-electron chi connectivity index (χ3n) is 9.07. The monoisotopic (exact) mass is 562 g/mol. The molecule has 0 radical (unpaired) electrons. The summed E-state index contributed by atoms with van der Waals surface area (Å²) in [5.41, 5.74) is 6.85. The summed E-state index contributed by atoms with van der Waals surface area (Å²) in [6, 6.07) is 44.8. The highest BCUT2D eigenvalue weighted by Crippen LogP contribution is 2.45. The number of hydrogen-bond donors (Lipinski definition) is 0. The first kappa shape index (κ1) is 23.2. The lowest BCUT2D eigenvalue weighted by Gasteiger charge is -2.12. The summed E-state index contributed by atoms with van der Waals surface area (Å²) in [5, 5.41) is 12.6. The number of fused-ring (bicyclic) bond motifs is 7. The molecule has 0 aliphatic heterocycles. The Kier molecular flexibility index (Phi) is 4.63. The Morgan fingerprint density at radius 1 is 0.395 bits per heavy atom. The van der Waals surface area contributed by atoms with Gasteiger partial charge in [-0.2, -0.15) is 0 Å². The number of aromatic nitrogens is 2. The Balaban J connectivity index is 1.17. The van der Waals surface area contributed by atoms with Gasteiger partial charge in [0.15, 0.2) is 0 Å². The van der Waals surface area contributed by atoms with Crippen LogP contribution in [-0.2, 0) is 0 Å². The standard InChI is InChI=1S/C40H22N2S/c1-2-7-31-29(6-1)34-21-25(15-16-32(34)40-39(31)41-17-18-42-40)24-13-11-23-12-14-26(20-28(23)19-24)33-22-27-5-3-9-35-37(27)38-30(33)8-4-10-36(38)43-35/h1-22H. The van der Waals surface area contributed by atoms with E-state index in [2.05, 4.69) is 126 Å². The molecule has 0 N–H and O–H groups in total. The molecule has 2 heterocycles. The molecule has 0 aliphatic carbocycles. The van der Waals surface area contributed by atoms with Gasteiger partial charge < -0.3 is 0 Å². The van der Waals surface area contributed by atoms with Crippen LogP contribution in [0, 0.1) is 0 Å². The SMILES string of the molecule is c1cc2cc(-c3ccc4ccc(-c5ccc6c(c5)c5ccccc5c5nccnc65)cc4c3)c3cccc4sc(c1)c2c43. The summed E-state index contributed by atoms with van der Waals surface area (Å²) in [6.45, 7) is 0. The van der Waals surface area contributed by atoms with Crippen molar-refractivity contribution >= 4 is 85.6 Å². The average Bonchev–Trinajstić information content (AvgIpc) is 3.47. The molecule has 0 fully saturated rings. The van der Waals surface area contributed by atoms with E-state index in [1.165, 1.54) is 74.7 Å². The van der Waals surface area contributed by atoms with Crippen LogP contribution in [0.2, 0.25) is 0 Å². The Hall–Kier alpha value is -5.38. The van der Waals surface area contributed by atoms with Gasteiger partial charge in [0, 0.05) is 43.3 Å². The Bertz CT molecular complexity index is 2700.